The van der Waals surface area contributed by atoms with Gasteiger partial charge in [0.15, 0.2) is 0 Å². The molecule has 0 saturated carbocycles. The molecule has 6 heteroatoms. The minimum Gasteiger partial charge on any atom is -0.488 e. The molecule has 0 radical (unpaired) electrons. The standard InChI is InChI=1S/C66H46O6/c1-69-65(67)59-21-9-17-53-51(15-7-19-57(53)59)39-71-61-33-29-49-37-47(45-25-23-41-11-3-5-13-43(41)35-45)27-31-55(49)63(61)64-56-32-28-48(46-26-24-42-12-4-6-14-44(42)36-46)38-50(56)30-34-62(64)72-40-52-16-8-20-58-54(52)18-10-22-60(58)66(68)70-2/h3-38H,39-40H2,1-2H3. The van der Waals surface area contributed by atoms with E-state index in [4.69, 9.17) is 18.9 Å². The van der Waals surface area contributed by atoms with Crippen molar-refractivity contribution in [2.24, 2.45) is 0 Å². The summed E-state index contributed by atoms with van der Waals surface area (Å²) in [6.45, 7) is 0.447. The van der Waals surface area contributed by atoms with Crippen LogP contribution in [0.2, 0.25) is 0 Å². The van der Waals surface area contributed by atoms with E-state index in [2.05, 4.69) is 146 Å². The molecule has 0 heterocycles. The molecule has 0 bridgehead atoms. The average molecular weight is 935 g/mol. The summed E-state index contributed by atoms with van der Waals surface area (Å²) in [6.07, 6.45) is 0. The number of hydrogen-bond acceptors (Lipinski definition) is 6. The quantitative estimate of drug-likeness (QED) is 0.120. The Morgan fingerprint density at radius 1 is 0.319 bits per heavy atom. The first-order valence-electron chi connectivity index (χ1n) is 24.0. The number of esters is 2. The Balaban J connectivity index is 1.05. The van der Waals surface area contributed by atoms with Crippen LogP contribution < -0.4 is 9.47 Å². The second-order valence-corrected chi connectivity index (χ2v) is 18.1. The number of ether oxygens (including phenoxy) is 4. The number of carbonyl (C=O) groups is 2. The van der Waals surface area contributed by atoms with Crippen molar-refractivity contribution in [3.63, 3.8) is 0 Å². The van der Waals surface area contributed by atoms with Crippen LogP contribution in [0.3, 0.4) is 0 Å². The summed E-state index contributed by atoms with van der Waals surface area (Å²) in [4.78, 5) is 25.8. The molecule has 0 aliphatic heterocycles. The number of methoxy groups -OCH3 is 2. The molecule has 0 spiro atoms. The zero-order valence-corrected chi connectivity index (χ0v) is 39.6. The molecule has 0 aliphatic rings. The monoisotopic (exact) mass is 934 g/mol. The summed E-state index contributed by atoms with van der Waals surface area (Å²) >= 11 is 0. The molecule has 0 unspecified atom stereocenters. The molecule has 0 saturated heterocycles. The van der Waals surface area contributed by atoms with Crippen molar-refractivity contribution in [3.05, 3.63) is 241 Å². The minimum atomic E-state index is -0.391. The molecule has 12 aromatic carbocycles. The van der Waals surface area contributed by atoms with E-state index in [-0.39, 0.29) is 13.2 Å². The Morgan fingerprint density at radius 2 is 0.681 bits per heavy atom. The fourth-order valence-electron chi connectivity index (χ4n) is 10.4. The number of benzene rings is 12. The van der Waals surface area contributed by atoms with Crippen LogP contribution in [0, 0.1) is 0 Å². The van der Waals surface area contributed by atoms with Crippen LogP contribution in [0.5, 0.6) is 11.5 Å². The molecule has 72 heavy (non-hydrogen) atoms. The van der Waals surface area contributed by atoms with E-state index in [1.165, 1.54) is 35.8 Å². The maximum absolute atomic E-state index is 12.9. The van der Waals surface area contributed by atoms with Gasteiger partial charge < -0.3 is 18.9 Å². The Kier molecular flexibility index (Phi) is 11.3. The van der Waals surface area contributed by atoms with Crippen LogP contribution in [0.4, 0.5) is 0 Å². The molecule has 6 nitrogen and oxygen atoms in total. The number of hydrogen-bond donors (Lipinski definition) is 0. The minimum absolute atomic E-state index is 0.223. The summed E-state index contributed by atoms with van der Waals surface area (Å²) in [5, 5.41) is 12.2. The van der Waals surface area contributed by atoms with Crippen molar-refractivity contribution in [2.75, 3.05) is 14.2 Å². The summed E-state index contributed by atoms with van der Waals surface area (Å²) in [6, 6.07) is 75.0. The van der Waals surface area contributed by atoms with Crippen LogP contribution in [-0.2, 0) is 22.7 Å². The lowest BCUT2D eigenvalue weighted by Crippen LogP contribution is -2.04. The van der Waals surface area contributed by atoms with Gasteiger partial charge in [0.2, 0.25) is 0 Å². The zero-order chi connectivity index (χ0) is 48.7. The molecule has 0 aliphatic carbocycles. The largest absolute Gasteiger partial charge is 0.488 e. The van der Waals surface area contributed by atoms with Gasteiger partial charge in [0.1, 0.15) is 24.7 Å². The van der Waals surface area contributed by atoms with Gasteiger partial charge in [-0.25, -0.2) is 9.59 Å². The maximum Gasteiger partial charge on any atom is 0.338 e. The number of rotatable bonds is 11. The van der Waals surface area contributed by atoms with Crippen molar-refractivity contribution in [1.29, 1.82) is 0 Å². The van der Waals surface area contributed by atoms with Crippen LogP contribution in [0.15, 0.2) is 218 Å². The van der Waals surface area contributed by atoms with Crippen LogP contribution in [0.25, 0.3) is 98.0 Å². The molecule has 0 aromatic heterocycles. The van der Waals surface area contributed by atoms with Crippen molar-refractivity contribution in [3.8, 4) is 44.9 Å². The first-order chi connectivity index (χ1) is 35.4. The highest BCUT2D eigenvalue weighted by atomic mass is 16.5. The summed E-state index contributed by atoms with van der Waals surface area (Å²) < 4.78 is 24.5. The van der Waals surface area contributed by atoms with E-state index in [0.29, 0.717) is 22.6 Å². The molecule has 0 N–H and O–H groups in total. The molecular weight excluding hydrogens is 889 g/mol. The van der Waals surface area contributed by atoms with Crippen LogP contribution >= 0.6 is 0 Å². The molecule has 0 fully saturated rings. The molecule has 346 valence electrons. The van der Waals surface area contributed by atoms with Gasteiger partial charge in [-0.15, -0.1) is 0 Å². The fourth-order valence-corrected chi connectivity index (χ4v) is 10.4. The SMILES string of the molecule is COC(=O)c1cccc2c(COc3ccc4cc(-c5ccc6ccccc6c5)ccc4c3-c3c(OCc4cccc5c(C(=O)OC)cccc45)ccc4cc(-c5ccc6ccccc6c5)ccc34)cccc12. The molecular formula is C66H46O6. The predicted octanol–water partition coefficient (Wildman–Crippen LogP) is 16.3. The van der Waals surface area contributed by atoms with Gasteiger partial charge in [-0.2, -0.15) is 0 Å². The van der Waals surface area contributed by atoms with Gasteiger partial charge in [0.25, 0.3) is 0 Å². The van der Waals surface area contributed by atoms with Crippen LogP contribution in [0.1, 0.15) is 31.8 Å². The normalized spacial score (nSPS) is 11.4. The van der Waals surface area contributed by atoms with Crippen molar-refractivity contribution in [1.82, 2.24) is 0 Å². The van der Waals surface area contributed by atoms with Gasteiger partial charge in [-0.1, -0.05) is 170 Å². The van der Waals surface area contributed by atoms with E-state index in [0.717, 1.165) is 87.6 Å². The topological polar surface area (TPSA) is 71.1 Å². The summed E-state index contributed by atoms with van der Waals surface area (Å²) in [5.74, 6) is 0.563. The van der Waals surface area contributed by atoms with Crippen molar-refractivity contribution >= 4 is 76.6 Å². The van der Waals surface area contributed by atoms with Crippen LogP contribution in [-0.4, -0.2) is 26.2 Å². The lowest BCUT2D eigenvalue weighted by atomic mass is 9.89. The maximum atomic E-state index is 12.9. The lowest BCUT2D eigenvalue weighted by molar-refractivity contribution is 0.0594. The lowest BCUT2D eigenvalue weighted by Gasteiger charge is -2.21. The summed E-state index contributed by atoms with van der Waals surface area (Å²) in [5.41, 5.74) is 9.07. The number of fused-ring (bicyclic) bond motifs is 6. The summed E-state index contributed by atoms with van der Waals surface area (Å²) in [7, 11) is 2.80. The van der Waals surface area contributed by atoms with Crippen molar-refractivity contribution in [2.45, 2.75) is 13.2 Å². The fraction of sp³-hybridized carbons (Fsp3) is 0.0606. The van der Waals surface area contributed by atoms with Crippen molar-refractivity contribution < 1.29 is 28.5 Å². The Labute approximate surface area is 416 Å². The van der Waals surface area contributed by atoms with Gasteiger partial charge in [0.05, 0.1) is 25.3 Å². The molecule has 0 amide bonds. The smallest absolute Gasteiger partial charge is 0.338 e. The third-order valence-corrected chi connectivity index (χ3v) is 14.0. The molecule has 12 aromatic rings. The van der Waals surface area contributed by atoms with Gasteiger partial charge >= 0.3 is 11.9 Å². The van der Waals surface area contributed by atoms with E-state index in [1.54, 1.807) is 12.1 Å². The molecule has 0 atom stereocenters. The average Bonchev–Trinajstić information content (AvgIpc) is 3.44. The van der Waals surface area contributed by atoms with E-state index in [1.807, 2.05) is 60.7 Å². The van der Waals surface area contributed by atoms with E-state index >= 15 is 0 Å². The Morgan fingerprint density at radius 3 is 1.11 bits per heavy atom. The second-order valence-electron chi connectivity index (χ2n) is 18.1. The first-order valence-corrected chi connectivity index (χ1v) is 24.0. The number of carbonyl (C=O) groups excluding carboxylic acids is 2. The molecule has 12 rings (SSSR count). The third kappa shape index (κ3) is 7.99. The van der Waals surface area contributed by atoms with Gasteiger partial charge in [0, 0.05) is 11.1 Å². The zero-order valence-electron chi connectivity index (χ0n) is 39.6. The Bertz CT molecular complexity index is 3870. The highest BCUT2D eigenvalue weighted by molar-refractivity contribution is 6.12. The third-order valence-electron chi connectivity index (χ3n) is 14.0. The predicted molar refractivity (Wildman–Crippen MR) is 292 cm³/mol. The van der Waals surface area contributed by atoms with E-state index in [9.17, 15) is 9.59 Å². The van der Waals surface area contributed by atoms with Gasteiger partial charge in [-0.3, -0.25) is 0 Å². The Hall–Kier alpha value is -9.26. The van der Waals surface area contributed by atoms with E-state index < -0.39 is 11.9 Å². The second kappa shape index (κ2) is 18.6. The highest BCUT2D eigenvalue weighted by Crippen LogP contribution is 2.48. The first kappa shape index (κ1) is 44.0. The highest BCUT2D eigenvalue weighted by Gasteiger charge is 2.22. The van der Waals surface area contributed by atoms with Gasteiger partial charge in [-0.05, 0) is 147 Å².